The van der Waals surface area contributed by atoms with Crippen molar-refractivity contribution in [1.82, 2.24) is 5.32 Å². The van der Waals surface area contributed by atoms with Crippen molar-refractivity contribution < 1.29 is 9.90 Å². The van der Waals surface area contributed by atoms with E-state index in [1.165, 1.54) is 148 Å². The van der Waals surface area contributed by atoms with Crippen LogP contribution in [0.25, 0.3) is 0 Å². The third-order valence-corrected chi connectivity index (χ3v) is 12.9. The summed E-state index contributed by atoms with van der Waals surface area (Å²) in [6, 6.07) is 0. The summed E-state index contributed by atoms with van der Waals surface area (Å²) in [5, 5.41) is 13.0. The number of carbonyl (C=O) groups excluding carboxylic acids is 1. The summed E-state index contributed by atoms with van der Waals surface area (Å²) < 4.78 is 0. The van der Waals surface area contributed by atoms with Gasteiger partial charge in [-0.25, -0.2) is 0 Å². The first-order chi connectivity index (χ1) is 17.7. The van der Waals surface area contributed by atoms with Crippen LogP contribution in [0.5, 0.6) is 0 Å². The fourth-order valence-corrected chi connectivity index (χ4v) is 11.7. The molecule has 0 aromatic carbocycles. The molecular weight excluding hydrogens is 442 g/mol. The number of rotatable bonds is 7. The molecule has 0 heterocycles. The lowest BCUT2D eigenvalue weighted by Crippen LogP contribution is -2.67. The highest BCUT2D eigenvalue weighted by atomic mass is 16.3. The van der Waals surface area contributed by atoms with Crippen molar-refractivity contribution >= 4 is 5.91 Å². The van der Waals surface area contributed by atoms with Crippen molar-refractivity contribution in [1.29, 1.82) is 0 Å². The molecule has 5 aliphatic carbocycles. The van der Waals surface area contributed by atoms with Gasteiger partial charge in [0.05, 0.1) is 12.0 Å². The van der Waals surface area contributed by atoms with Crippen LogP contribution in [0, 0.1) is 27.6 Å². The number of nitrogens with one attached hydrogen (secondary N) is 1. The lowest BCUT2D eigenvalue weighted by Gasteiger charge is -2.72. The lowest BCUT2D eigenvalue weighted by molar-refractivity contribution is -0.233. The van der Waals surface area contributed by atoms with Gasteiger partial charge >= 0.3 is 0 Å². The highest BCUT2D eigenvalue weighted by Gasteiger charge is 2.71. The van der Waals surface area contributed by atoms with Crippen molar-refractivity contribution in [3.8, 4) is 0 Å². The number of aliphatic hydroxyl groups excluding tert-OH is 1. The summed E-state index contributed by atoms with van der Waals surface area (Å²) in [5.74, 6) is 1.24. The van der Waals surface area contributed by atoms with Crippen molar-refractivity contribution in [2.24, 2.45) is 27.6 Å². The summed E-state index contributed by atoms with van der Waals surface area (Å²) in [6.07, 6.45) is 34.0. The predicted molar refractivity (Wildman–Crippen MR) is 149 cm³/mol. The standard InChI is InChI=1S/C33H57NO2/c35-27-26-34-29(36)31(20-10-3-11-21-31)33(24-14-5-15-25-33)32(22-12-4-13-23-32)30(18-8-2-9-19-30)28-16-6-1-7-17-28/h28,35H,1-27H2,(H,34,36). The van der Waals surface area contributed by atoms with Gasteiger partial charge in [-0.15, -0.1) is 0 Å². The van der Waals surface area contributed by atoms with Gasteiger partial charge in [-0.1, -0.05) is 96.3 Å². The van der Waals surface area contributed by atoms with Gasteiger partial charge in [0.25, 0.3) is 0 Å². The minimum atomic E-state index is -0.211. The zero-order valence-corrected chi connectivity index (χ0v) is 23.5. The zero-order chi connectivity index (χ0) is 25.0. The summed E-state index contributed by atoms with van der Waals surface area (Å²) in [6.45, 7) is 0.489. The largest absolute Gasteiger partial charge is 0.395 e. The number of aliphatic hydroxyl groups is 1. The van der Waals surface area contributed by atoms with Crippen molar-refractivity contribution in [3.63, 3.8) is 0 Å². The maximum absolute atomic E-state index is 14.5. The van der Waals surface area contributed by atoms with Crippen molar-refractivity contribution in [2.45, 2.75) is 161 Å². The second-order valence-electron chi connectivity index (χ2n) is 14.0. The van der Waals surface area contributed by atoms with Crippen LogP contribution >= 0.6 is 0 Å². The molecule has 0 saturated heterocycles. The van der Waals surface area contributed by atoms with E-state index in [-0.39, 0.29) is 17.4 Å². The topological polar surface area (TPSA) is 49.3 Å². The number of hydrogen-bond acceptors (Lipinski definition) is 2. The minimum Gasteiger partial charge on any atom is -0.395 e. The van der Waals surface area contributed by atoms with Crippen LogP contribution in [0.1, 0.15) is 161 Å². The van der Waals surface area contributed by atoms with Gasteiger partial charge in [-0.3, -0.25) is 4.79 Å². The Morgan fingerprint density at radius 1 is 0.583 bits per heavy atom. The molecule has 206 valence electrons. The van der Waals surface area contributed by atoms with E-state index < -0.39 is 0 Å². The van der Waals surface area contributed by atoms with Crippen LogP contribution in [-0.4, -0.2) is 24.2 Å². The van der Waals surface area contributed by atoms with E-state index >= 15 is 0 Å². The molecular formula is C33H57NO2. The van der Waals surface area contributed by atoms with Gasteiger partial charge in [-0.2, -0.15) is 0 Å². The lowest BCUT2D eigenvalue weighted by atomic mass is 9.32. The Bertz CT molecular complexity index is 699. The summed E-state index contributed by atoms with van der Waals surface area (Å²) in [5.41, 5.74) is 0.755. The third-order valence-electron chi connectivity index (χ3n) is 12.9. The molecule has 0 aliphatic heterocycles. The maximum Gasteiger partial charge on any atom is 0.226 e. The molecule has 0 bridgehead atoms. The Kier molecular flexibility index (Phi) is 8.75. The van der Waals surface area contributed by atoms with Gasteiger partial charge in [-0.05, 0) is 86.4 Å². The van der Waals surface area contributed by atoms with Crippen LogP contribution in [0.2, 0.25) is 0 Å². The quantitative estimate of drug-likeness (QED) is 0.369. The summed E-state index contributed by atoms with van der Waals surface area (Å²) in [7, 11) is 0. The SMILES string of the molecule is O=C(NCCO)C1(C2(C3(C4(C5CCCCC5)CCCCC4)CCCCC3)CCCCC2)CCCCC1. The Hall–Kier alpha value is -0.570. The molecule has 5 saturated carbocycles. The molecule has 36 heavy (non-hydrogen) atoms. The average Bonchev–Trinajstić information content (AvgIpc) is 2.97. The Labute approximate surface area is 222 Å². The second kappa shape index (κ2) is 11.7. The molecule has 5 rings (SSSR count). The second-order valence-corrected chi connectivity index (χ2v) is 14.0. The number of hydrogen-bond donors (Lipinski definition) is 2. The number of amides is 1. The highest BCUT2D eigenvalue weighted by Crippen LogP contribution is 2.77. The molecule has 0 unspecified atom stereocenters. The smallest absolute Gasteiger partial charge is 0.226 e. The fourth-order valence-electron chi connectivity index (χ4n) is 11.7. The van der Waals surface area contributed by atoms with E-state index in [0.29, 0.717) is 23.3 Å². The van der Waals surface area contributed by atoms with Gasteiger partial charge in [0.1, 0.15) is 0 Å². The van der Waals surface area contributed by atoms with Crippen LogP contribution in [0.3, 0.4) is 0 Å². The monoisotopic (exact) mass is 499 g/mol. The fraction of sp³-hybridized carbons (Fsp3) is 0.970. The summed E-state index contributed by atoms with van der Waals surface area (Å²) >= 11 is 0. The van der Waals surface area contributed by atoms with Crippen LogP contribution in [0.15, 0.2) is 0 Å². The first-order valence-corrected chi connectivity index (χ1v) is 16.6. The third kappa shape index (κ3) is 4.30. The zero-order valence-electron chi connectivity index (χ0n) is 23.5. The Balaban J connectivity index is 1.70. The molecule has 0 spiro atoms. The molecule has 0 radical (unpaired) electrons. The molecule has 3 heteroatoms. The van der Waals surface area contributed by atoms with E-state index in [1.807, 2.05) is 0 Å². The van der Waals surface area contributed by atoms with E-state index in [1.54, 1.807) is 0 Å². The van der Waals surface area contributed by atoms with Crippen molar-refractivity contribution in [2.75, 3.05) is 13.2 Å². The summed E-state index contributed by atoms with van der Waals surface area (Å²) in [4.78, 5) is 14.5. The Morgan fingerprint density at radius 3 is 1.56 bits per heavy atom. The van der Waals surface area contributed by atoms with Crippen LogP contribution < -0.4 is 5.32 Å². The van der Waals surface area contributed by atoms with E-state index in [4.69, 9.17) is 0 Å². The molecule has 5 fully saturated rings. The van der Waals surface area contributed by atoms with E-state index in [2.05, 4.69) is 5.32 Å². The number of carbonyl (C=O) groups is 1. The van der Waals surface area contributed by atoms with Crippen LogP contribution in [0.4, 0.5) is 0 Å². The molecule has 5 aliphatic rings. The molecule has 0 aromatic heterocycles. The highest BCUT2D eigenvalue weighted by molar-refractivity contribution is 5.84. The van der Waals surface area contributed by atoms with Gasteiger partial charge in [0.2, 0.25) is 5.91 Å². The molecule has 0 aromatic rings. The van der Waals surface area contributed by atoms with Gasteiger partial charge < -0.3 is 10.4 Å². The molecule has 0 atom stereocenters. The predicted octanol–water partition coefficient (Wildman–Crippen LogP) is 8.48. The Morgan fingerprint density at radius 2 is 1.03 bits per heavy atom. The molecule has 1 amide bonds. The van der Waals surface area contributed by atoms with Crippen molar-refractivity contribution in [3.05, 3.63) is 0 Å². The first kappa shape index (κ1) is 27.0. The van der Waals surface area contributed by atoms with E-state index in [9.17, 15) is 9.90 Å². The average molecular weight is 500 g/mol. The minimum absolute atomic E-state index is 0.0615. The molecule has 3 nitrogen and oxygen atoms in total. The van der Waals surface area contributed by atoms with E-state index in [0.717, 1.165) is 18.8 Å². The normalized spacial score (nSPS) is 30.4. The van der Waals surface area contributed by atoms with Crippen LogP contribution in [-0.2, 0) is 4.79 Å². The van der Waals surface area contributed by atoms with Gasteiger partial charge in [0.15, 0.2) is 0 Å². The van der Waals surface area contributed by atoms with Gasteiger partial charge in [0, 0.05) is 6.54 Å². The first-order valence-electron chi connectivity index (χ1n) is 16.6. The maximum atomic E-state index is 14.5. The molecule has 2 N–H and O–H groups in total.